The van der Waals surface area contributed by atoms with Gasteiger partial charge in [0.25, 0.3) is 0 Å². The SMILES string of the molecule is C=CCCCCCCCCCCCCCCCC(=O)O[C@@H](COC(=O)CCCCC/C=C/C/C=C/C/C=C/C/C=C/C/C=C/CC)CO[C@H]1O[C@@H](CO)[C@@H](O)C(O)C1O. The number of unbranched alkanes of at least 4 members (excludes halogenated alkanes) is 16. The third-order valence-electron chi connectivity index (χ3n) is 10.2. The van der Waals surface area contributed by atoms with Crippen LogP contribution in [-0.2, 0) is 28.5 Å². The molecule has 0 bridgehead atoms. The van der Waals surface area contributed by atoms with E-state index in [9.17, 15) is 30.0 Å². The van der Waals surface area contributed by atoms with Gasteiger partial charge in [-0.15, -0.1) is 6.58 Å². The molecular weight excluding hydrogens is 749 g/mol. The monoisotopic (exact) mass is 831 g/mol. The number of carbonyl (C=O) groups is 2. The number of ether oxygens (including phenoxy) is 4. The molecule has 1 heterocycles. The lowest BCUT2D eigenvalue weighted by atomic mass is 9.99. The molecule has 1 saturated heterocycles. The van der Waals surface area contributed by atoms with Gasteiger partial charge in [0, 0.05) is 12.8 Å². The second kappa shape index (κ2) is 39.3. The second-order valence-corrected chi connectivity index (χ2v) is 15.6. The molecule has 1 fully saturated rings. The van der Waals surface area contributed by atoms with Gasteiger partial charge in [0.05, 0.1) is 13.2 Å². The first-order valence-corrected chi connectivity index (χ1v) is 23.0. The van der Waals surface area contributed by atoms with E-state index in [1.807, 2.05) is 6.08 Å². The van der Waals surface area contributed by atoms with E-state index in [1.165, 1.54) is 57.8 Å². The fraction of sp³-hybridized carbons (Fsp3) is 0.714. The minimum absolute atomic E-state index is 0.217. The number of esters is 2. The van der Waals surface area contributed by atoms with Gasteiger partial charge in [0.15, 0.2) is 12.4 Å². The Morgan fingerprint density at radius 3 is 1.56 bits per heavy atom. The van der Waals surface area contributed by atoms with Gasteiger partial charge in [-0.25, -0.2) is 0 Å². The molecule has 0 aliphatic carbocycles. The lowest BCUT2D eigenvalue weighted by Gasteiger charge is -2.39. The number of hydrogen-bond acceptors (Lipinski definition) is 10. The van der Waals surface area contributed by atoms with E-state index in [0.29, 0.717) is 12.8 Å². The van der Waals surface area contributed by atoms with E-state index in [0.717, 1.165) is 77.0 Å². The molecule has 0 aromatic carbocycles. The quantitative estimate of drug-likeness (QED) is 0.0269. The topological polar surface area (TPSA) is 152 Å². The Bertz CT molecular complexity index is 1180. The van der Waals surface area contributed by atoms with Gasteiger partial charge in [-0.1, -0.05) is 151 Å². The van der Waals surface area contributed by atoms with Crippen molar-refractivity contribution in [3.05, 3.63) is 73.4 Å². The Balaban J connectivity index is 2.34. The van der Waals surface area contributed by atoms with Crippen molar-refractivity contribution in [3.63, 3.8) is 0 Å². The third-order valence-corrected chi connectivity index (χ3v) is 10.2. The summed E-state index contributed by atoms with van der Waals surface area (Å²) in [6.07, 6.45) is 40.8. The largest absolute Gasteiger partial charge is 0.462 e. The highest BCUT2D eigenvalue weighted by Gasteiger charge is 2.44. The molecule has 0 radical (unpaired) electrons. The van der Waals surface area contributed by atoms with Gasteiger partial charge < -0.3 is 39.4 Å². The van der Waals surface area contributed by atoms with Gasteiger partial charge in [0.1, 0.15) is 31.0 Å². The molecule has 1 aliphatic rings. The first-order valence-electron chi connectivity index (χ1n) is 23.0. The molecule has 0 aromatic heterocycles. The van der Waals surface area contributed by atoms with Crippen molar-refractivity contribution in [2.24, 2.45) is 0 Å². The van der Waals surface area contributed by atoms with Crippen molar-refractivity contribution in [1.29, 1.82) is 0 Å². The number of aliphatic hydroxyl groups excluding tert-OH is 4. The summed E-state index contributed by atoms with van der Waals surface area (Å²) < 4.78 is 22.1. The van der Waals surface area contributed by atoms with Gasteiger partial charge in [0.2, 0.25) is 0 Å². The molecule has 4 N–H and O–H groups in total. The predicted octanol–water partition coefficient (Wildman–Crippen LogP) is 10.00. The molecule has 6 atom stereocenters. The lowest BCUT2D eigenvalue weighted by Crippen LogP contribution is -2.59. The molecular formula is C49H82O10. The Hall–Kier alpha value is -2.86. The molecule has 0 spiro atoms. The van der Waals surface area contributed by atoms with Crippen LogP contribution in [0.15, 0.2) is 73.4 Å². The highest BCUT2D eigenvalue weighted by Crippen LogP contribution is 2.22. The zero-order valence-electron chi connectivity index (χ0n) is 36.6. The molecule has 10 nitrogen and oxygen atoms in total. The Kier molecular flexibility index (Phi) is 36.1. The van der Waals surface area contributed by atoms with E-state index in [4.69, 9.17) is 18.9 Å². The number of carbonyl (C=O) groups excluding carboxylic acids is 2. The zero-order valence-corrected chi connectivity index (χ0v) is 36.6. The Morgan fingerprint density at radius 1 is 0.576 bits per heavy atom. The van der Waals surface area contributed by atoms with Gasteiger partial charge in [-0.05, 0) is 70.6 Å². The standard InChI is InChI=1S/C49H82O10/c1-3-5-7-9-11-13-15-17-19-20-21-22-24-25-27-29-31-33-35-37-44(51)56-40-42(41-57-49-48(55)47(54)46(53)43(39-50)59-49)58-45(52)38-36-34-32-30-28-26-23-18-16-14-12-10-8-6-4-2/h4-5,7,11,13,17,19,21-22,25,27,42-43,46-50,53-55H,2-3,6,8-10,12,14-16,18,20,23-24,26,28-41H2,1H3/b7-5+,13-11+,19-17+,22-21+,27-25+/t42-,43-,46+,47?,48?,49-/m0/s1. The second-order valence-electron chi connectivity index (χ2n) is 15.6. The van der Waals surface area contributed by atoms with Crippen LogP contribution in [0.1, 0.15) is 167 Å². The number of aliphatic hydroxyl groups is 4. The summed E-state index contributed by atoms with van der Waals surface area (Å²) in [7, 11) is 0. The van der Waals surface area contributed by atoms with Crippen LogP contribution in [0.25, 0.3) is 0 Å². The average Bonchev–Trinajstić information content (AvgIpc) is 3.23. The van der Waals surface area contributed by atoms with E-state index >= 15 is 0 Å². The Labute approximate surface area is 357 Å². The first-order chi connectivity index (χ1) is 28.8. The fourth-order valence-electron chi connectivity index (χ4n) is 6.61. The van der Waals surface area contributed by atoms with Crippen LogP contribution in [-0.4, -0.2) is 89.0 Å². The normalized spacial score (nSPS) is 20.5. The first kappa shape index (κ1) is 54.2. The Morgan fingerprint density at radius 2 is 1.03 bits per heavy atom. The molecule has 59 heavy (non-hydrogen) atoms. The van der Waals surface area contributed by atoms with Crippen molar-refractivity contribution < 1.29 is 49.0 Å². The third kappa shape index (κ3) is 30.8. The predicted molar refractivity (Wildman–Crippen MR) is 238 cm³/mol. The highest BCUT2D eigenvalue weighted by molar-refractivity contribution is 5.70. The lowest BCUT2D eigenvalue weighted by molar-refractivity contribution is -0.305. The minimum atomic E-state index is -1.60. The molecule has 0 amide bonds. The average molecular weight is 831 g/mol. The van der Waals surface area contributed by atoms with E-state index in [2.05, 4.69) is 74.3 Å². The smallest absolute Gasteiger partial charge is 0.306 e. The van der Waals surface area contributed by atoms with Crippen molar-refractivity contribution in [3.8, 4) is 0 Å². The summed E-state index contributed by atoms with van der Waals surface area (Å²) in [5, 5.41) is 40.1. The zero-order chi connectivity index (χ0) is 43.0. The van der Waals surface area contributed by atoms with Gasteiger partial charge >= 0.3 is 11.9 Å². The van der Waals surface area contributed by atoms with Crippen LogP contribution in [0, 0.1) is 0 Å². The van der Waals surface area contributed by atoms with Crippen molar-refractivity contribution in [2.75, 3.05) is 19.8 Å². The summed E-state index contributed by atoms with van der Waals surface area (Å²) in [6, 6.07) is 0. The number of rotatable bonds is 38. The van der Waals surface area contributed by atoms with E-state index in [1.54, 1.807) is 0 Å². The maximum absolute atomic E-state index is 12.8. The minimum Gasteiger partial charge on any atom is -0.462 e. The van der Waals surface area contributed by atoms with Gasteiger partial charge in [-0.2, -0.15) is 0 Å². The molecule has 1 aliphatic heterocycles. The van der Waals surface area contributed by atoms with Crippen LogP contribution in [0.5, 0.6) is 0 Å². The van der Waals surface area contributed by atoms with E-state index in [-0.39, 0.29) is 26.1 Å². The molecule has 1 rings (SSSR count). The molecule has 2 unspecified atom stereocenters. The summed E-state index contributed by atoms with van der Waals surface area (Å²) in [5.41, 5.74) is 0. The molecule has 338 valence electrons. The van der Waals surface area contributed by atoms with Crippen LogP contribution < -0.4 is 0 Å². The number of allylic oxidation sites excluding steroid dienone is 11. The van der Waals surface area contributed by atoms with Crippen LogP contribution in [0.4, 0.5) is 0 Å². The van der Waals surface area contributed by atoms with Gasteiger partial charge in [-0.3, -0.25) is 9.59 Å². The maximum Gasteiger partial charge on any atom is 0.306 e. The van der Waals surface area contributed by atoms with Crippen LogP contribution in [0.2, 0.25) is 0 Å². The molecule has 0 saturated carbocycles. The highest BCUT2D eigenvalue weighted by atomic mass is 16.7. The summed E-state index contributed by atoms with van der Waals surface area (Å²) >= 11 is 0. The van der Waals surface area contributed by atoms with Crippen LogP contribution >= 0.6 is 0 Å². The fourth-order valence-corrected chi connectivity index (χ4v) is 6.61. The maximum atomic E-state index is 12.8. The van der Waals surface area contributed by atoms with E-state index < -0.39 is 55.4 Å². The van der Waals surface area contributed by atoms with Crippen molar-refractivity contribution in [2.45, 2.75) is 204 Å². The van der Waals surface area contributed by atoms with Crippen molar-refractivity contribution >= 4 is 11.9 Å². The van der Waals surface area contributed by atoms with Crippen molar-refractivity contribution in [1.82, 2.24) is 0 Å². The molecule has 0 aromatic rings. The number of hydrogen-bond donors (Lipinski definition) is 4. The summed E-state index contributed by atoms with van der Waals surface area (Å²) in [4.78, 5) is 25.3. The van der Waals surface area contributed by atoms with Crippen LogP contribution in [0.3, 0.4) is 0 Å². The summed E-state index contributed by atoms with van der Waals surface area (Å²) in [6.45, 7) is 4.79. The summed E-state index contributed by atoms with van der Waals surface area (Å²) in [5.74, 6) is -0.851. The molecule has 10 heteroatoms.